The van der Waals surface area contributed by atoms with Gasteiger partial charge in [0, 0.05) is 17.5 Å². The van der Waals surface area contributed by atoms with E-state index in [0.29, 0.717) is 12.0 Å². The summed E-state index contributed by atoms with van der Waals surface area (Å²) >= 11 is 0. The maximum Gasteiger partial charge on any atom is 0.157 e. The number of aromatic hydroxyl groups is 4. The predicted molar refractivity (Wildman–Crippen MR) is 76.4 cm³/mol. The lowest BCUT2D eigenvalue weighted by molar-refractivity contribution is 0.402. The van der Waals surface area contributed by atoms with Crippen LogP contribution in [0.2, 0.25) is 0 Å². The summed E-state index contributed by atoms with van der Waals surface area (Å²) in [6, 6.07) is 7.51. The van der Waals surface area contributed by atoms with Crippen molar-refractivity contribution < 1.29 is 20.4 Å². The number of aryl methyl sites for hydroxylation is 1. The van der Waals surface area contributed by atoms with Gasteiger partial charge in [-0.1, -0.05) is 19.9 Å². The SMILES string of the molecule is CCc1cc(O)c(O)cc1C(C)c1ccc(O)cc1O. The maximum absolute atomic E-state index is 9.94. The van der Waals surface area contributed by atoms with E-state index in [4.69, 9.17) is 0 Å². The Morgan fingerprint density at radius 3 is 2.10 bits per heavy atom. The van der Waals surface area contributed by atoms with E-state index in [0.717, 1.165) is 11.1 Å². The minimum atomic E-state index is -0.178. The molecule has 2 aromatic rings. The van der Waals surface area contributed by atoms with Crippen molar-refractivity contribution in [2.45, 2.75) is 26.2 Å². The lowest BCUT2D eigenvalue weighted by Crippen LogP contribution is -2.01. The fourth-order valence-electron chi connectivity index (χ4n) is 2.41. The normalized spacial score (nSPS) is 12.3. The third kappa shape index (κ3) is 2.50. The van der Waals surface area contributed by atoms with Crippen molar-refractivity contribution in [3.63, 3.8) is 0 Å². The molecule has 0 saturated carbocycles. The predicted octanol–water partition coefficient (Wildman–Crippen LogP) is 3.22. The van der Waals surface area contributed by atoms with Crippen LogP contribution in [0, 0.1) is 0 Å². The molecule has 0 fully saturated rings. The van der Waals surface area contributed by atoms with Crippen molar-refractivity contribution in [3.8, 4) is 23.0 Å². The summed E-state index contributed by atoms with van der Waals surface area (Å²) in [6.45, 7) is 3.86. The second-order valence-corrected chi connectivity index (χ2v) is 4.86. The highest BCUT2D eigenvalue weighted by Gasteiger charge is 2.18. The summed E-state index contributed by atoms with van der Waals surface area (Å²) in [6.07, 6.45) is 0.701. The van der Waals surface area contributed by atoms with Crippen molar-refractivity contribution in [3.05, 3.63) is 47.0 Å². The molecule has 4 N–H and O–H groups in total. The van der Waals surface area contributed by atoms with Crippen LogP contribution < -0.4 is 0 Å². The Morgan fingerprint density at radius 2 is 1.50 bits per heavy atom. The van der Waals surface area contributed by atoms with Crippen LogP contribution in [-0.4, -0.2) is 20.4 Å². The molecule has 2 aromatic carbocycles. The van der Waals surface area contributed by atoms with E-state index in [-0.39, 0.29) is 28.9 Å². The number of phenols is 4. The summed E-state index contributed by atoms with van der Waals surface area (Å²) in [7, 11) is 0. The largest absolute Gasteiger partial charge is 0.508 e. The molecule has 4 nitrogen and oxygen atoms in total. The molecule has 0 heterocycles. The Kier molecular flexibility index (Phi) is 3.74. The van der Waals surface area contributed by atoms with Gasteiger partial charge < -0.3 is 20.4 Å². The molecule has 0 aliphatic heterocycles. The van der Waals surface area contributed by atoms with Gasteiger partial charge in [-0.25, -0.2) is 0 Å². The fraction of sp³-hybridized carbons (Fsp3) is 0.250. The molecule has 0 bridgehead atoms. The molecule has 0 aromatic heterocycles. The van der Waals surface area contributed by atoms with Crippen LogP contribution in [0.5, 0.6) is 23.0 Å². The summed E-state index contributed by atoms with van der Waals surface area (Å²) in [4.78, 5) is 0. The van der Waals surface area contributed by atoms with E-state index < -0.39 is 0 Å². The van der Waals surface area contributed by atoms with Crippen molar-refractivity contribution in [1.82, 2.24) is 0 Å². The van der Waals surface area contributed by atoms with E-state index in [9.17, 15) is 20.4 Å². The molecule has 4 heteroatoms. The first-order chi connectivity index (χ1) is 9.43. The number of hydrogen-bond donors (Lipinski definition) is 4. The van der Waals surface area contributed by atoms with Crippen molar-refractivity contribution in [2.75, 3.05) is 0 Å². The van der Waals surface area contributed by atoms with Gasteiger partial charge in [0.15, 0.2) is 11.5 Å². The second kappa shape index (κ2) is 5.33. The second-order valence-electron chi connectivity index (χ2n) is 4.86. The van der Waals surface area contributed by atoms with Gasteiger partial charge in [-0.15, -0.1) is 0 Å². The fourth-order valence-corrected chi connectivity index (χ4v) is 2.41. The van der Waals surface area contributed by atoms with Gasteiger partial charge in [-0.2, -0.15) is 0 Å². The topological polar surface area (TPSA) is 80.9 Å². The highest BCUT2D eigenvalue weighted by molar-refractivity contribution is 5.51. The lowest BCUT2D eigenvalue weighted by atomic mass is 9.88. The van der Waals surface area contributed by atoms with Crippen LogP contribution in [0.15, 0.2) is 30.3 Å². The zero-order valence-electron chi connectivity index (χ0n) is 11.5. The van der Waals surface area contributed by atoms with Gasteiger partial charge in [0.2, 0.25) is 0 Å². The Labute approximate surface area is 117 Å². The zero-order valence-corrected chi connectivity index (χ0v) is 11.5. The van der Waals surface area contributed by atoms with Crippen LogP contribution in [0.3, 0.4) is 0 Å². The number of rotatable bonds is 3. The molecule has 20 heavy (non-hydrogen) atoms. The van der Waals surface area contributed by atoms with Gasteiger partial charge in [-0.05, 0) is 35.7 Å². The van der Waals surface area contributed by atoms with Crippen molar-refractivity contribution >= 4 is 0 Å². The zero-order chi connectivity index (χ0) is 14.9. The van der Waals surface area contributed by atoms with E-state index in [1.807, 2.05) is 13.8 Å². The van der Waals surface area contributed by atoms with Crippen molar-refractivity contribution in [2.24, 2.45) is 0 Å². The quantitative estimate of drug-likeness (QED) is 0.648. The molecule has 106 valence electrons. The third-order valence-electron chi connectivity index (χ3n) is 3.56. The third-order valence-corrected chi connectivity index (χ3v) is 3.56. The summed E-state index contributed by atoms with van der Waals surface area (Å²) < 4.78 is 0. The van der Waals surface area contributed by atoms with Gasteiger partial charge in [-0.3, -0.25) is 0 Å². The maximum atomic E-state index is 9.94. The van der Waals surface area contributed by atoms with E-state index in [1.165, 1.54) is 18.2 Å². The first-order valence-electron chi connectivity index (χ1n) is 6.50. The van der Waals surface area contributed by atoms with Crippen LogP contribution in [0.25, 0.3) is 0 Å². The number of hydrogen-bond acceptors (Lipinski definition) is 4. The molecule has 0 aliphatic rings. The van der Waals surface area contributed by atoms with Crippen LogP contribution in [0.1, 0.15) is 36.5 Å². The summed E-state index contributed by atoms with van der Waals surface area (Å²) in [5, 5.41) is 38.5. The molecule has 0 amide bonds. The first kappa shape index (κ1) is 14.1. The minimum absolute atomic E-state index is 0.00252. The molecule has 2 rings (SSSR count). The minimum Gasteiger partial charge on any atom is -0.508 e. The Hall–Kier alpha value is -2.36. The van der Waals surface area contributed by atoms with E-state index in [2.05, 4.69) is 0 Å². The van der Waals surface area contributed by atoms with E-state index in [1.54, 1.807) is 12.1 Å². The molecule has 0 radical (unpaired) electrons. The Balaban J connectivity index is 2.52. The van der Waals surface area contributed by atoms with Crippen LogP contribution in [-0.2, 0) is 6.42 Å². The lowest BCUT2D eigenvalue weighted by Gasteiger charge is -2.18. The van der Waals surface area contributed by atoms with Gasteiger partial charge in [0.05, 0.1) is 0 Å². The van der Waals surface area contributed by atoms with Crippen molar-refractivity contribution in [1.29, 1.82) is 0 Å². The average molecular weight is 274 g/mol. The van der Waals surface area contributed by atoms with Gasteiger partial charge >= 0.3 is 0 Å². The Bertz CT molecular complexity index is 635. The molecule has 0 saturated heterocycles. The smallest absolute Gasteiger partial charge is 0.157 e. The summed E-state index contributed by atoms with van der Waals surface area (Å²) in [5.74, 6) is -0.484. The van der Waals surface area contributed by atoms with Gasteiger partial charge in [0.25, 0.3) is 0 Å². The molecule has 0 spiro atoms. The average Bonchev–Trinajstić information content (AvgIpc) is 2.40. The molecular weight excluding hydrogens is 256 g/mol. The standard InChI is InChI=1S/C16H18O4/c1-3-10-6-15(19)16(20)8-13(10)9(2)12-5-4-11(17)7-14(12)18/h4-9,17-20H,3H2,1-2H3. The van der Waals surface area contributed by atoms with Gasteiger partial charge in [0.1, 0.15) is 11.5 Å². The molecule has 1 unspecified atom stereocenters. The molecule has 0 aliphatic carbocycles. The molecular formula is C16H18O4. The van der Waals surface area contributed by atoms with Crippen LogP contribution in [0.4, 0.5) is 0 Å². The highest BCUT2D eigenvalue weighted by Crippen LogP contribution is 2.38. The van der Waals surface area contributed by atoms with E-state index >= 15 is 0 Å². The summed E-state index contributed by atoms with van der Waals surface area (Å²) in [5.41, 5.74) is 2.40. The Morgan fingerprint density at radius 1 is 0.850 bits per heavy atom. The number of phenolic OH excluding ortho intramolecular Hbond substituents is 4. The first-order valence-corrected chi connectivity index (χ1v) is 6.50. The monoisotopic (exact) mass is 274 g/mol. The van der Waals surface area contributed by atoms with Crippen LogP contribution >= 0.6 is 0 Å². The highest BCUT2D eigenvalue weighted by atomic mass is 16.3. The number of benzene rings is 2. The molecule has 1 atom stereocenters.